The zero-order chi connectivity index (χ0) is 21.6. The molecule has 0 unspecified atom stereocenters. The van der Waals surface area contributed by atoms with E-state index in [2.05, 4.69) is 9.97 Å². The summed E-state index contributed by atoms with van der Waals surface area (Å²) in [5, 5.41) is 10.5. The van der Waals surface area contributed by atoms with E-state index < -0.39 is 5.82 Å². The molecular weight excluding hydrogens is 431 g/mol. The van der Waals surface area contributed by atoms with E-state index in [1.54, 1.807) is 29.5 Å². The quantitative estimate of drug-likeness (QED) is 0.274. The van der Waals surface area contributed by atoms with Crippen LogP contribution < -0.4 is 4.90 Å². The Balaban J connectivity index is 1.56. The van der Waals surface area contributed by atoms with Crippen LogP contribution in [-0.4, -0.2) is 28.2 Å². The van der Waals surface area contributed by atoms with Crippen LogP contribution in [-0.2, 0) is 4.79 Å². The molecule has 0 radical (unpaired) electrons. The molecule has 0 aliphatic carbocycles. The van der Waals surface area contributed by atoms with Crippen molar-refractivity contribution in [1.29, 1.82) is 5.26 Å². The SMILES string of the molecule is N#CCCN(C(=O)CSc1ncnc2sc(-c3ccccc3)cc12)c1ccccc1F. The molecule has 8 heteroatoms. The average Bonchev–Trinajstić information content (AvgIpc) is 3.24. The van der Waals surface area contributed by atoms with Crippen molar-refractivity contribution in [3.63, 3.8) is 0 Å². The summed E-state index contributed by atoms with van der Waals surface area (Å²) < 4.78 is 14.3. The van der Waals surface area contributed by atoms with Crippen LogP contribution in [0, 0.1) is 17.1 Å². The third-order valence-electron chi connectivity index (χ3n) is 4.58. The molecule has 0 spiro atoms. The summed E-state index contributed by atoms with van der Waals surface area (Å²) >= 11 is 2.86. The monoisotopic (exact) mass is 448 g/mol. The predicted octanol–water partition coefficient (Wildman–Crippen LogP) is 5.54. The minimum atomic E-state index is -0.492. The largest absolute Gasteiger partial charge is 0.308 e. The summed E-state index contributed by atoms with van der Waals surface area (Å²) in [4.78, 5) is 24.9. The van der Waals surface area contributed by atoms with Crippen molar-refractivity contribution >= 4 is 44.9 Å². The number of thioether (sulfide) groups is 1. The molecule has 1 amide bonds. The van der Waals surface area contributed by atoms with Gasteiger partial charge in [-0.2, -0.15) is 5.26 Å². The number of carbonyl (C=O) groups is 1. The first-order valence-corrected chi connectivity index (χ1v) is 11.3. The number of hydrogen-bond acceptors (Lipinski definition) is 6. The number of nitriles is 1. The second-order valence-corrected chi connectivity index (χ2v) is 8.56. The van der Waals surface area contributed by atoms with Gasteiger partial charge in [0, 0.05) is 16.8 Å². The predicted molar refractivity (Wildman–Crippen MR) is 123 cm³/mol. The fraction of sp³-hybridized carbons (Fsp3) is 0.130. The van der Waals surface area contributed by atoms with Crippen molar-refractivity contribution < 1.29 is 9.18 Å². The maximum atomic E-state index is 14.3. The first kappa shape index (κ1) is 21.0. The zero-order valence-corrected chi connectivity index (χ0v) is 18.0. The van der Waals surface area contributed by atoms with Gasteiger partial charge in [0.2, 0.25) is 5.91 Å². The molecule has 0 aliphatic heterocycles. The Bertz CT molecular complexity index is 1250. The molecule has 0 fully saturated rings. The van der Waals surface area contributed by atoms with E-state index in [1.807, 2.05) is 42.5 Å². The molecule has 0 aliphatic rings. The molecule has 0 atom stereocenters. The first-order valence-electron chi connectivity index (χ1n) is 9.52. The summed E-state index contributed by atoms with van der Waals surface area (Å²) in [5.41, 5.74) is 1.28. The Morgan fingerprint density at radius 3 is 2.68 bits per heavy atom. The number of benzene rings is 2. The molecule has 0 saturated heterocycles. The summed E-state index contributed by atoms with van der Waals surface area (Å²) in [5.74, 6) is -0.702. The smallest absolute Gasteiger partial charge is 0.237 e. The van der Waals surface area contributed by atoms with E-state index in [4.69, 9.17) is 5.26 Å². The van der Waals surface area contributed by atoms with Gasteiger partial charge in [0.15, 0.2) is 0 Å². The molecule has 2 heterocycles. The van der Waals surface area contributed by atoms with Gasteiger partial charge < -0.3 is 4.90 Å². The van der Waals surface area contributed by atoms with E-state index in [-0.39, 0.29) is 30.3 Å². The van der Waals surface area contributed by atoms with Crippen LogP contribution in [0.2, 0.25) is 0 Å². The van der Waals surface area contributed by atoms with E-state index >= 15 is 0 Å². The van der Waals surface area contributed by atoms with Gasteiger partial charge in [0.25, 0.3) is 0 Å². The van der Waals surface area contributed by atoms with Crippen LogP contribution in [0.4, 0.5) is 10.1 Å². The van der Waals surface area contributed by atoms with Crippen LogP contribution in [0.5, 0.6) is 0 Å². The summed E-state index contributed by atoms with van der Waals surface area (Å²) in [6, 6.07) is 20.2. The lowest BCUT2D eigenvalue weighted by Gasteiger charge is -2.22. The van der Waals surface area contributed by atoms with Crippen LogP contribution in [0.25, 0.3) is 20.7 Å². The highest BCUT2D eigenvalue weighted by Gasteiger charge is 2.20. The van der Waals surface area contributed by atoms with Gasteiger partial charge in [-0.05, 0) is 23.8 Å². The zero-order valence-electron chi connectivity index (χ0n) is 16.4. The summed E-state index contributed by atoms with van der Waals surface area (Å²) in [6.45, 7) is 0.132. The number of anilines is 1. The van der Waals surface area contributed by atoms with Gasteiger partial charge in [0.1, 0.15) is 22.0 Å². The number of aromatic nitrogens is 2. The van der Waals surface area contributed by atoms with Gasteiger partial charge in [-0.25, -0.2) is 14.4 Å². The number of nitrogens with zero attached hydrogens (tertiary/aromatic N) is 4. The van der Waals surface area contributed by atoms with E-state index in [0.717, 1.165) is 20.7 Å². The normalized spacial score (nSPS) is 10.7. The van der Waals surface area contributed by atoms with Gasteiger partial charge in [-0.3, -0.25) is 4.79 Å². The van der Waals surface area contributed by atoms with E-state index in [9.17, 15) is 9.18 Å². The highest BCUT2D eigenvalue weighted by molar-refractivity contribution is 8.00. The average molecular weight is 449 g/mol. The molecule has 4 aromatic rings. The number of hydrogen-bond donors (Lipinski definition) is 0. The van der Waals surface area contributed by atoms with Crippen molar-refractivity contribution in [2.24, 2.45) is 0 Å². The number of para-hydroxylation sites is 1. The van der Waals surface area contributed by atoms with Gasteiger partial charge in [-0.1, -0.05) is 54.2 Å². The minimum absolute atomic E-state index is 0.0718. The third kappa shape index (κ3) is 4.74. The Hall–Kier alpha value is -3.28. The molecule has 0 bridgehead atoms. The molecule has 31 heavy (non-hydrogen) atoms. The van der Waals surface area contributed by atoms with E-state index in [1.165, 1.54) is 29.1 Å². The Morgan fingerprint density at radius 1 is 1.13 bits per heavy atom. The highest BCUT2D eigenvalue weighted by Crippen LogP contribution is 2.36. The fourth-order valence-electron chi connectivity index (χ4n) is 3.11. The number of thiophene rings is 1. The lowest BCUT2D eigenvalue weighted by molar-refractivity contribution is -0.116. The topological polar surface area (TPSA) is 69.9 Å². The van der Waals surface area contributed by atoms with Crippen molar-refractivity contribution in [2.75, 3.05) is 17.2 Å². The number of amides is 1. The molecule has 5 nitrogen and oxygen atoms in total. The van der Waals surface area contributed by atoms with Crippen LogP contribution >= 0.6 is 23.1 Å². The standard InChI is InChI=1S/C23H17FN4OS2/c24-18-9-4-5-10-19(18)28(12-6-11-25)21(29)14-30-22-17-13-20(16-7-2-1-3-8-16)31-23(17)27-15-26-22/h1-5,7-10,13,15H,6,12,14H2. The van der Waals surface area contributed by atoms with Crippen molar-refractivity contribution in [2.45, 2.75) is 11.4 Å². The molecule has 154 valence electrons. The van der Waals surface area contributed by atoms with Crippen molar-refractivity contribution in [3.05, 3.63) is 72.8 Å². The third-order valence-corrected chi connectivity index (χ3v) is 6.66. The highest BCUT2D eigenvalue weighted by atomic mass is 32.2. The maximum absolute atomic E-state index is 14.3. The molecule has 0 saturated carbocycles. The Kier molecular flexibility index (Phi) is 6.55. The number of rotatable bonds is 7. The first-order chi connectivity index (χ1) is 15.2. The second kappa shape index (κ2) is 9.69. The molecular formula is C23H17FN4OS2. The Labute approximate surface area is 187 Å². The molecule has 4 rings (SSSR count). The molecule has 0 N–H and O–H groups in total. The van der Waals surface area contributed by atoms with Crippen molar-refractivity contribution in [3.8, 4) is 16.5 Å². The van der Waals surface area contributed by atoms with Crippen LogP contribution in [0.1, 0.15) is 6.42 Å². The molecule has 2 aromatic carbocycles. The lowest BCUT2D eigenvalue weighted by Crippen LogP contribution is -2.34. The van der Waals surface area contributed by atoms with Crippen molar-refractivity contribution in [1.82, 2.24) is 9.97 Å². The lowest BCUT2D eigenvalue weighted by atomic mass is 10.2. The van der Waals surface area contributed by atoms with Gasteiger partial charge >= 0.3 is 0 Å². The second-order valence-electron chi connectivity index (χ2n) is 6.57. The van der Waals surface area contributed by atoms with Crippen LogP contribution in [0.15, 0.2) is 72.0 Å². The fourth-order valence-corrected chi connectivity index (χ4v) is 5.03. The number of fused-ring (bicyclic) bond motifs is 1. The van der Waals surface area contributed by atoms with Gasteiger partial charge in [0.05, 0.1) is 23.9 Å². The number of halogens is 1. The number of carbonyl (C=O) groups excluding carboxylic acids is 1. The summed E-state index contributed by atoms with van der Waals surface area (Å²) in [6.07, 6.45) is 1.61. The Morgan fingerprint density at radius 2 is 1.90 bits per heavy atom. The van der Waals surface area contributed by atoms with Gasteiger partial charge in [-0.15, -0.1) is 11.3 Å². The minimum Gasteiger partial charge on any atom is -0.308 e. The van der Waals surface area contributed by atoms with Crippen LogP contribution in [0.3, 0.4) is 0 Å². The summed E-state index contributed by atoms with van der Waals surface area (Å²) in [7, 11) is 0. The molecule has 2 aromatic heterocycles. The van der Waals surface area contributed by atoms with E-state index in [0.29, 0.717) is 5.03 Å². The maximum Gasteiger partial charge on any atom is 0.237 e.